The Balaban J connectivity index is 2.29. The second-order valence-corrected chi connectivity index (χ2v) is 6.35. The highest BCUT2D eigenvalue weighted by atomic mass is 16.5. The average Bonchev–Trinajstić information content (AvgIpc) is 2.82. The molecule has 0 saturated heterocycles. The first-order chi connectivity index (χ1) is 11.1. The molecule has 0 N–H and O–H groups in total. The van der Waals surface area contributed by atoms with Crippen LogP contribution in [0.1, 0.15) is 56.4 Å². The van der Waals surface area contributed by atoms with E-state index in [9.17, 15) is 9.59 Å². The Bertz CT molecular complexity index is 696. The van der Waals surface area contributed by atoms with Crippen molar-refractivity contribution in [3.8, 4) is 0 Å². The van der Waals surface area contributed by atoms with Gasteiger partial charge in [-0.1, -0.05) is 19.8 Å². The molecule has 2 aliphatic rings. The van der Waals surface area contributed by atoms with E-state index in [0.717, 1.165) is 31.4 Å². The van der Waals surface area contributed by atoms with E-state index in [0.29, 0.717) is 18.7 Å². The number of allylic oxidation sites excluding steroid dienone is 1. The molecular weight excluding hydrogens is 298 g/mol. The van der Waals surface area contributed by atoms with Crippen LogP contribution in [0.25, 0.3) is 5.76 Å². The van der Waals surface area contributed by atoms with Crippen LogP contribution in [0.4, 0.5) is 0 Å². The van der Waals surface area contributed by atoms with Gasteiger partial charge in [0.1, 0.15) is 0 Å². The van der Waals surface area contributed by atoms with E-state index >= 15 is 0 Å². The number of hydrogen-bond donors (Lipinski definition) is 0. The lowest BCUT2D eigenvalue weighted by molar-refractivity contribution is -0.122. The largest absolute Gasteiger partial charge is 0.490 e. The Morgan fingerprint density at radius 1 is 1.09 bits per heavy atom. The first-order valence-corrected chi connectivity index (χ1v) is 8.18. The van der Waals surface area contributed by atoms with E-state index in [2.05, 4.69) is 0 Å². The molecule has 1 aromatic heterocycles. The molecule has 0 spiro atoms. The highest BCUT2D eigenvalue weighted by Crippen LogP contribution is 2.39. The minimum Gasteiger partial charge on any atom is -0.490 e. The summed E-state index contributed by atoms with van der Waals surface area (Å²) in [7, 11) is 2.91. The second kappa shape index (κ2) is 6.26. The van der Waals surface area contributed by atoms with E-state index in [-0.39, 0.29) is 34.9 Å². The molecule has 0 unspecified atom stereocenters. The molecule has 1 aliphatic heterocycles. The van der Waals surface area contributed by atoms with Crippen LogP contribution in [-0.2, 0) is 20.8 Å². The maximum atomic E-state index is 12.6. The van der Waals surface area contributed by atoms with Gasteiger partial charge in [0.25, 0.3) is 0 Å². The molecular formula is C17H23NO5. The summed E-state index contributed by atoms with van der Waals surface area (Å²) in [4.78, 5) is 25.0. The van der Waals surface area contributed by atoms with Gasteiger partial charge in [-0.05, 0) is 19.3 Å². The molecule has 6 nitrogen and oxygen atoms in total. The molecule has 0 fully saturated rings. The summed E-state index contributed by atoms with van der Waals surface area (Å²) in [6, 6.07) is 0. The van der Waals surface area contributed by atoms with E-state index in [1.165, 1.54) is 14.2 Å². The van der Waals surface area contributed by atoms with Crippen LogP contribution < -0.4 is 5.76 Å². The average molecular weight is 321 g/mol. The van der Waals surface area contributed by atoms with Crippen molar-refractivity contribution < 1.29 is 18.7 Å². The van der Waals surface area contributed by atoms with Gasteiger partial charge in [0.2, 0.25) is 17.3 Å². The minimum atomic E-state index is -0.381. The first-order valence-electron chi connectivity index (χ1n) is 8.18. The Hall–Kier alpha value is -1.98. The highest BCUT2D eigenvalue weighted by molar-refractivity contribution is 6.01. The van der Waals surface area contributed by atoms with Gasteiger partial charge in [-0.25, -0.2) is 4.79 Å². The second-order valence-electron chi connectivity index (χ2n) is 6.35. The molecule has 23 heavy (non-hydrogen) atoms. The lowest BCUT2D eigenvalue weighted by Crippen LogP contribution is -2.26. The molecule has 0 saturated carbocycles. The molecule has 0 amide bonds. The highest BCUT2D eigenvalue weighted by Gasteiger charge is 2.37. The van der Waals surface area contributed by atoms with Crippen molar-refractivity contribution in [2.24, 2.45) is 5.92 Å². The number of hydrogen-bond acceptors (Lipinski definition) is 5. The molecule has 1 aliphatic carbocycles. The molecule has 0 radical (unpaired) electrons. The van der Waals surface area contributed by atoms with Crippen LogP contribution in [-0.4, -0.2) is 24.6 Å². The summed E-state index contributed by atoms with van der Waals surface area (Å²) >= 11 is 0. The number of ketones is 1. The Kier molecular flexibility index (Phi) is 4.33. The van der Waals surface area contributed by atoms with Gasteiger partial charge in [-0.15, -0.1) is 0 Å². The Morgan fingerprint density at radius 3 is 2.52 bits per heavy atom. The van der Waals surface area contributed by atoms with Crippen LogP contribution in [0.3, 0.4) is 0 Å². The van der Waals surface area contributed by atoms with Crippen molar-refractivity contribution in [2.45, 2.75) is 51.5 Å². The van der Waals surface area contributed by atoms with Crippen LogP contribution in [0.5, 0.6) is 0 Å². The van der Waals surface area contributed by atoms with Gasteiger partial charge in [-0.3, -0.25) is 9.36 Å². The zero-order valence-electron chi connectivity index (χ0n) is 13.9. The van der Waals surface area contributed by atoms with Gasteiger partial charge >= 0.3 is 5.76 Å². The molecule has 1 aromatic rings. The zero-order chi connectivity index (χ0) is 16.6. The quantitative estimate of drug-likeness (QED) is 0.837. The van der Waals surface area contributed by atoms with Gasteiger partial charge in [-0.2, -0.15) is 0 Å². The predicted octanol–water partition coefficient (Wildman–Crippen LogP) is 2.67. The van der Waals surface area contributed by atoms with Crippen LogP contribution in [0.15, 0.2) is 15.0 Å². The van der Waals surface area contributed by atoms with Crippen molar-refractivity contribution in [3.63, 3.8) is 0 Å². The number of oxazole rings is 1. The summed E-state index contributed by atoms with van der Waals surface area (Å²) in [6.45, 7) is 2.55. The van der Waals surface area contributed by atoms with E-state index in [4.69, 9.17) is 13.9 Å². The van der Waals surface area contributed by atoms with E-state index in [1.54, 1.807) is 4.57 Å². The maximum Gasteiger partial charge on any atom is 0.419 e. The molecule has 3 rings (SSSR count). The summed E-state index contributed by atoms with van der Waals surface area (Å²) in [5.41, 5.74) is 0.862. The summed E-state index contributed by atoms with van der Waals surface area (Å²) < 4.78 is 17.9. The Labute approximate surface area is 135 Å². The number of carbonyl (C=O) groups excluding carboxylic acids is 1. The standard InChI is InChI=1S/C17H23NO5/c1-10-9-11-7-5-4-6-8-18-12(11)14(23-17(18)20)16(22-3)15(21-2)13(10)19/h10-11H,4-9H2,1-3H3/b16-15-/t10-,11-/m1/s1. The molecule has 0 aromatic carbocycles. The number of Topliss-reactive ketones (excluding diaryl/α,β-unsaturated/α-hetero) is 1. The number of ether oxygens (including phenoxy) is 2. The SMILES string of the molecule is CO/C1=C(\OC)c2oc(=O)n3c2[C@H](CCCCC3)C[C@@H](C)C1=O. The lowest BCUT2D eigenvalue weighted by Gasteiger charge is -2.27. The van der Waals surface area contributed by atoms with Gasteiger partial charge in [0.15, 0.2) is 5.76 Å². The van der Waals surface area contributed by atoms with Crippen molar-refractivity contribution in [3.05, 3.63) is 27.8 Å². The minimum absolute atomic E-state index is 0.104. The molecule has 2 atom stereocenters. The maximum absolute atomic E-state index is 12.6. The van der Waals surface area contributed by atoms with Crippen molar-refractivity contribution >= 4 is 11.5 Å². The third kappa shape index (κ3) is 2.60. The van der Waals surface area contributed by atoms with Crippen LogP contribution in [0.2, 0.25) is 0 Å². The molecule has 6 heteroatoms. The number of carbonyl (C=O) groups is 1. The van der Waals surface area contributed by atoms with Crippen molar-refractivity contribution in [1.82, 2.24) is 4.57 Å². The molecule has 126 valence electrons. The van der Waals surface area contributed by atoms with E-state index in [1.807, 2.05) is 6.92 Å². The van der Waals surface area contributed by atoms with Crippen LogP contribution >= 0.6 is 0 Å². The van der Waals surface area contributed by atoms with Gasteiger partial charge < -0.3 is 13.9 Å². The van der Waals surface area contributed by atoms with Gasteiger partial charge in [0, 0.05) is 18.4 Å². The Morgan fingerprint density at radius 2 is 1.83 bits per heavy atom. The molecule has 0 bridgehead atoms. The predicted molar refractivity (Wildman–Crippen MR) is 83.9 cm³/mol. The molecule has 2 heterocycles. The zero-order valence-corrected chi connectivity index (χ0v) is 13.9. The lowest BCUT2D eigenvalue weighted by atomic mass is 9.82. The van der Waals surface area contributed by atoms with Crippen molar-refractivity contribution in [1.29, 1.82) is 0 Å². The first kappa shape index (κ1) is 15.9. The summed E-state index contributed by atoms with van der Waals surface area (Å²) in [5, 5.41) is 0. The number of methoxy groups -OCH3 is 2. The van der Waals surface area contributed by atoms with E-state index < -0.39 is 0 Å². The van der Waals surface area contributed by atoms with Crippen LogP contribution in [0, 0.1) is 5.92 Å². The third-order valence-electron chi connectivity index (χ3n) is 4.88. The number of aromatic nitrogens is 1. The topological polar surface area (TPSA) is 70.7 Å². The van der Waals surface area contributed by atoms with Crippen molar-refractivity contribution in [2.75, 3.05) is 14.2 Å². The monoisotopic (exact) mass is 321 g/mol. The normalized spacial score (nSPS) is 28.2. The smallest absolute Gasteiger partial charge is 0.419 e. The summed E-state index contributed by atoms with van der Waals surface area (Å²) in [6.07, 6.45) is 4.77. The fraction of sp³-hybridized carbons (Fsp3) is 0.647. The number of nitrogens with zero attached hydrogens (tertiary/aromatic N) is 1. The fourth-order valence-electron chi connectivity index (χ4n) is 3.75. The summed E-state index contributed by atoms with van der Waals surface area (Å²) in [5.74, 6) is 0.186. The third-order valence-corrected chi connectivity index (χ3v) is 4.88. The fourth-order valence-corrected chi connectivity index (χ4v) is 3.75. The number of rotatable bonds is 2. The van der Waals surface area contributed by atoms with Gasteiger partial charge in [0.05, 0.1) is 19.9 Å².